The third-order valence-electron chi connectivity index (χ3n) is 4.59. The van der Waals surface area contributed by atoms with Gasteiger partial charge in [-0.3, -0.25) is 0 Å². The molecule has 0 aliphatic heterocycles. The fourth-order valence-electron chi connectivity index (χ4n) is 3.43. The molecular weight excluding hydrogens is 252 g/mol. The first-order valence-corrected chi connectivity index (χ1v) is 7.65. The molecule has 2 aromatic rings. The minimum absolute atomic E-state index is 0.103. The topological polar surface area (TPSA) is 0 Å². The Kier molecular flexibility index (Phi) is 3.79. The normalized spacial score (nSPS) is 14.5. The lowest BCUT2D eigenvalue weighted by molar-refractivity contribution is 0.383. The maximum atomic E-state index is 2.37. The van der Waals surface area contributed by atoms with Gasteiger partial charge >= 0.3 is 0 Å². The number of hydrogen-bond acceptors (Lipinski definition) is 0. The van der Waals surface area contributed by atoms with E-state index in [0.717, 1.165) is 6.42 Å². The fourth-order valence-corrected chi connectivity index (χ4v) is 3.43. The minimum atomic E-state index is 0.103. The van der Waals surface area contributed by atoms with Crippen molar-refractivity contribution in [1.29, 1.82) is 0 Å². The molecule has 0 atom stereocenters. The van der Waals surface area contributed by atoms with Crippen LogP contribution in [0, 0.1) is 5.41 Å². The first kappa shape index (κ1) is 13.9. The molecule has 0 unspecified atom stereocenters. The van der Waals surface area contributed by atoms with E-state index >= 15 is 0 Å². The molecule has 0 saturated carbocycles. The van der Waals surface area contributed by atoms with Gasteiger partial charge in [0, 0.05) is 5.92 Å². The molecule has 0 heterocycles. The SMILES string of the molecule is CC(C)(C1=CC=CC1)C(c1ccccc1)c1ccccc1. The van der Waals surface area contributed by atoms with Crippen molar-refractivity contribution in [1.82, 2.24) is 0 Å². The monoisotopic (exact) mass is 274 g/mol. The Morgan fingerprint density at radius 1 is 0.810 bits per heavy atom. The Morgan fingerprint density at radius 3 is 1.76 bits per heavy atom. The molecule has 106 valence electrons. The van der Waals surface area contributed by atoms with E-state index in [1.54, 1.807) is 0 Å². The van der Waals surface area contributed by atoms with Crippen LogP contribution in [-0.4, -0.2) is 0 Å². The van der Waals surface area contributed by atoms with Crippen LogP contribution in [0.4, 0.5) is 0 Å². The molecule has 0 fully saturated rings. The summed E-state index contributed by atoms with van der Waals surface area (Å²) >= 11 is 0. The van der Waals surface area contributed by atoms with Gasteiger partial charge in [-0.05, 0) is 23.0 Å². The summed E-state index contributed by atoms with van der Waals surface area (Å²) in [6.07, 6.45) is 7.80. The second kappa shape index (κ2) is 5.73. The molecule has 3 rings (SSSR count). The van der Waals surface area contributed by atoms with Crippen LogP contribution in [0.5, 0.6) is 0 Å². The van der Waals surface area contributed by atoms with Crippen LogP contribution in [0.25, 0.3) is 0 Å². The molecular formula is C21H22. The van der Waals surface area contributed by atoms with Crippen molar-refractivity contribution in [2.75, 3.05) is 0 Å². The summed E-state index contributed by atoms with van der Waals surface area (Å²) in [5.74, 6) is 0.381. The zero-order valence-electron chi connectivity index (χ0n) is 12.8. The summed E-state index contributed by atoms with van der Waals surface area (Å²) < 4.78 is 0. The van der Waals surface area contributed by atoms with Crippen molar-refractivity contribution in [2.45, 2.75) is 26.2 Å². The molecule has 0 spiro atoms. The smallest absolute Gasteiger partial charge is 0.0178 e. The summed E-state index contributed by atoms with van der Waals surface area (Å²) in [6, 6.07) is 21.8. The van der Waals surface area contributed by atoms with Crippen LogP contribution >= 0.6 is 0 Å². The van der Waals surface area contributed by atoms with Gasteiger partial charge in [0.05, 0.1) is 0 Å². The van der Waals surface area contributed by atoms with E-state index in [1.807, 2.05) is 0 Å². The van der Waals surface area contributed by atoms with Gasteiger partial charge in [0.15, 0.2) is 0 Å². The van der Waals surface area contributed by atoms with Crippen molar-refractivity contribution < 1.29 is 0 Å². The van der Waals surface area contributed by atoms with E-state index < -0.39 is 0 Å². The molecule has 0 bridgehead atoms. The van der Waals surface area contributed by atoms with E-state index in [1.165, 1.54) is 16.7 Å². The van der Waals surface area contributed by atoms with Crippen LogP contribution < -0.4 is 0 Å². The molecule has 21 heavy (non-hydrogen) atoms. The Balaban J connectivity index is 2.09. The zero-order chi connectivity index (χ0) is 14.7. The van der Waals surface area contributed by atoms with E-state index in [4.69, 9.17) is 0 Å². The van der Waals surface area contributed by atoms with Gasteiger partial charge in [-0.15, -0.1) is 0 Å². The lowest BCUT2D eigenvalue weighted by atomic mass is 9.67. The fraction of sp³-hybridized carbons (Fsp3) is 0.238. The highest BCUT2D eigenvalue weighted by Gasteiger charge is 2.35. The standard InChI is InChI=1S/C21H22/c1-21(2,19-15-9-10-16-19)20(17-11-5-3-6-12-17)18-13-7-4-8-14-18/h3-15,20H,16H2,1-2H3. The van der Waals surface area contributed by atoms with E-state index in [9.17, 15) is 0 Å². The van der Waals surface area contributed by atoms with Gasteiger partial charge in [0.25, 0.3) is 0 Å². The highest BCUT2D eigenvalue weighted by Crippen LogP contribution is 2.47. The molecule has 0 heteroatoms. The number of allylic oxidation sites excluding steroid dienone is 4. The average molecular weight is 274 g/mol. The van der Waals surface area contributed by atoms with Gasteiger partial charge in [0.2, 0.25) is 0 Å². The Labute approximate surface area is 127 Å². The molecule has 0 saturated heterocycles. The number of benzene rings is 2. The highest BCUT2D eigenvalue weighted by molar-refractivity contribution is 5.40. The van der Waals surface area contributed by atoms with E-state index in [-0.39, 0.29) is 5.41 Å². The summed E-state index contributed by atoms with van der Waals surface area (Å²) in [5.41, 5.74) is 4.40. The van der Waals surface area contributed by atoms with Crippen LogP contribution in [0.15, 0.2) is 84.5 Å². The number of hydrogen-bond donors (Lipinski definition) is 0. The third-order valence-corrected chi connectivity index (χ3v) is 4.59. The van der Waals surface area contributed by atoms with Crippen molar-refractivity contribution >= 4 is 0 Å². The number of rotatable bonds is 4. The molecule has 2 aromatic carbocycles. The van der Waals surface area contributed by atoms with Crippen molar-refractivity contribution in [3.8, 4) is 0 Å². The maximum Gasteiger partial charge on any atom is 0.0178 e. The van der Waals surface area contributed by atoms with Crippen LogP contribution in [-0.2, 0) is 0 Å². The van der Waals surface area contributed by atoms with Gasteiger partial charge in [-0.2, -0.15) is 0 Å². The first-order chi connectivity index (χ1) is 10.2. The van der Waals surface area contributed by atoms with Crippen molar-refractivity contribution in [3.63, 3.8) is 0 Å². The summed E-state index contributed by atoms with van der Waals surface area (Å²) in [4.78, 5) is 0. The van der Waals surface area contributed by atoms with Gasteiger partial charge in [-0.25, -0.2) is 0 Å². The van der Waals surface area contributed by atoms with Crippen LogP contribution in [0.2, 0.25) is 0 Å². The van der Waals surface area contributed by atoms with E-state index in [0.29, 0.717) is 5.92 Å². The zero-order valence-corrected chi connectivity index (χ0v) is 12.8. The molecule has 0 radical (unpaired) electrons. The molecule has 0 aromatic heterocycles. The summed E-state index contributed by atoms with van der Waals surface area (Å²) in [5, 5.41) is 0. The average Bonchev–Trinajstić information content (AvgIpc) is 3.04. The van der Waals surface area contributed by atoms with Crippen molar-refractivity contribution in [3.05, 3.63) is 95.6 Å². The molecule has 1 aliphatic rings. The van der Waals surface area contributed by atoms with Gasteiger partial charge < -0.3 is 0 Å². The van der Waals surface area contributed by atoms with Crippen molar-refractivity contribution in [2.24, 2.45) is 5.41 Å². The summed E-state index contributed by atoms with van der Waals surface area (Å²) in [6.45, 7) is 4.74. The van der Waals surface area contributed by atoms with E-state index in [2.05, 4.69) is 92.7 Å². The largest absolute Gasteiger partial charge is 0.0804 e. The van der Waals surface area contributed by atoms with Gasteiger partial charge in [-0.1, -0.05) is 98.3 Å². The predicted molar refractivity (Wildman–Crippen MR) is 90.3 cm³/mol. The Hall–Kier alpha value is -2.08. The van der Waals surface area contributed by atoms with Gasteiger partial charge in [0.1, 0.15) is 0 Å². The van der Waals surface area contributed by atoms with Crippen LogP contribution in [0.3, 0.4) is 0 Å². The summed E-state index contributed by atoms with van der Waals surface area (Å²) in [7, 11) is 0. The maximum absolute atomic E-state index is 2.37. The lowest BCUT2D eigenvalue weighted by Gasteiger charge is -2.37. The first-order valence-electron chi connectivity index (χ1n) is 7.65. The molecule has 0 amide bonds. The molecule has 0 nitrogen and oxygen atoms in total. The molecule has 1 aliphatic carbocycles. The second-order valence-electron chi connectivity index (χ2n) is 6.30. The lowest BCUT2D eigenvalue weighted by Crippen LogP contribution is -2.25. The highest BCUT2D eigenvalue weighted by atomic mass is 14.4. The Bertz CT molecular complexity index is 605. The Morgan fingerprint density at radius 2 is 1.33 bits per heavy atom. The predicted octanol–water partition coefficient (Wildman–Crippen LogP) is 5.73. The molecule has 0 N–H and O–H groups in total. The quantitative estimate of drug-likeness (QED) is 0.667. The third kappa shape index (κ3) is 2.71. The second-order valence-corrected chi connectivity index (χ2v) is 6.30. The van der Waals surface area contributed by atoms with Crippen LogP contribution in [0.1, 0.15) is 37.3 Å². The minimum Gasteiger partial charge on any atom is -0.0804 e.